The predicted octanol–water partition coefficient (Wildman–Crippen LogP) is 2.41. The number of nitrogens with one attached hydrogen (secondary N) is 1. The topological polar surface area (TPSA) is 109 Å². The average Bonchev–Trinajstić information content (AvgIpc) is 3.35. The molecule has 0 spiro atoms. The minimum Gasteiger partial charge on any atom is -0.465 e. The number of ketones is 1. The Morgan fingerprint density at radius 3 is 2.82 bits per heavy atom. The molecule has 0 aromatic carbocycles. The van der Waals surface area contributed by atoms with E-state index in [2.05, 4.69) is 15.3 Å². The van der Waals surface area contributed by atoms with Crippen molar-refractivity contribution in [2.45, 2.75) is 51.2 Å². The van der Waals surface area contributed by atoms with E-state index in [0.717, 1.165) is 37.4 Å². The van der Waals surface area contributed by atoms with Gasteiger partial charge >= 0.3 is 6.09 Å². The Bertz CT molecular complexity index is 890. The van der Waals surface area contributed by atoms with Crippen LogP contribution in [0.3, 0.4) is 0 Å². The van der Waals surface area contributed by atoms with Crippen molar-refractivity contribution in [3.05, 3.63) is 23.5 Å². The van der Waals surface area contributed by atoms with Gasteiger partial charge < -0.3 is 20.1 Å². The van der Waals surface area contributed by atoms with Gasteiger partial charge in [-0.05, 0) is 25.7 Å². The number of hydrogen-bond donors (Lipinski definition) is 2. The highest BCUT2D eigenvalue weighted by Crippen LogP contribution is 2.31. The van der Waals surface area contributed by atoms with Gasteiger partial charge in [0.2, 0.25) is 0 Å². The molecule has 2 aliphatic rings. The fourth-order valence-electron chi connectivity index (χ4n) is 3.95. The molecule has 0 aliphatic carbocycles. The van der Waals surface area contributed by atoms with Gasteiger partial charge in [0.1, 0.15) is 17.6 Å². The lowest BCUT2D eigenvalue weighted by Gasteiger charge is -2.30. The quantitative estimate of drug-likeness (QED) is 0.758. The summed E-state index contributed by atoms with van der Waals surface area (Å²) in [5.74, 6) is 0.821. The molecule has 2 aliphatic heterocycles. The van der Waals surface area contributed by atoms with Crippen molar-refractivity contribution in [3.63, 3.8) is 0 Å². The Kier molecular flexibility index (Phi) is 5.17. The van der Waals surface area contributed by atoms with Gasteiger partial charge in [-0.15, -0.1) is 0 Å². The second kappa shape index (κ2) is 7.75. The number of Topliss-reactive ketones (excluding diaryl/α,β-unsaturated/α-hetero) is 1. The zero-order chi connectivity index (χ0) is 19.7. The van der Waals surface area contributed by atoms with E-state index in [1.165, 1.54) is 0 Å². The Labute approximate surface area is 162 Å². The Balaban J connectivity index is 1.74. The summed E-state index contributed by atoms with van der Waals surface area (Å²) < 4.78 is 7.65. The largest absolute Gasteiger partial charge is 0.465 e. The first-order valence-electron chi connectivity index (χ1n) is 9.85. The van der Waals surface area contributed by atoms with Crippen LogP contribution in [0.15, 0.2) is 12.1 Å². The molecule has 28 heavy (non-hydrogen) atoms. The molecule has 2 atom stereocenters. The molecule has 150 valence electrons. The Morgan fingerprint density at radius 2 is 2.11 bits per heavy atom. The number of aromatic nitrogens is 3. The van der Waals surface area contributed by atoms with Gasteiger partial charge in [-0.3, -0.25) is 4.79 Å². The standard InChI is InChI=1S/C19H25N5O4/c1-2-15(25)13-10-18-21-17(23-6-3-4-7-23)11-14(24(18)22-13)16-9-12(5-8-28-16)20-19(26)27/h10-12,16,20H,2-9H2,1H3,(H,26,27). The normalized spacial score (nSPS) is 22.5. The van der Waals surface area contributed by atoms with Crippen LogP contribution in [-0.2, 0) is 4.74 Å². The monoisotopic (exact) mass is 387 g/mol. The summed E-state index contributed by atoms with van der Waals surface area (Å²) in [6.07, 6.45) is 2.44. The summed E-state index contributed by atoms with van der Waals surface area (Å²) in [4.78, 5) is 30.2. The summed E-state index contributed by atoms with van der Waals surface area (Å²) in [7, 11) is 0. The molecular formula is C19H25N5O4. The number of hydrogen-bond acceptors (Lipinski definition) is 6. The summed E-state index contributed by atoms with van der Waals surface area (Å²) >= 11 is 0. The third-order valence-corrected chi connectivity index (χ3v) is 5.42. The van der Waals surface area contributed by atoms with Gasteiger partial charge in [-0.2, -0.15) is 5.10 Å². The van der Waals surface area contributed by atoms with Crippen LogP contribution in [0.2, 0.25) is 0 Å². The predicted molar refractivity (Wildman–Crippen MR) is 102 cm³/mol. The van der Waals surface area contributed by atoms with Crippen LogP contribution in [0.5, 0.6) is 0 Å². The van der Waals surface area contributed by atoms with Crippen LogP contribution in [0.25, 0.3) is 5.65 Å². The van der Waals surface area contributed by atoms with Crippen LogP contribution < -0.4 is 10.2 Å². The summed E-state index contributed by atoms with van der Waals surface area (Å²) in [5, 5.41) is 16.1. The minimum atomic E-state index is -1.03. The van der Waals surface area contributed by atoms with Gasteiger partial charge in [0.15, 0.2) is 11.4 Å². The number of amides is 1. The Hall–Kier alpha value is -2.68. The number of anilines is 1. The van der Waals surface area contributed by atoms with Crippen LogP contribution in [0.1, 0.15) is 61.3 Å². The van der Waals surface area contributed by atoms with Crippen LogP contribution in [0, 0.1) is 0 Å². The fraction of sp³-hybridized carbons (Fsp3) is 0.579. The van der Waals surface area contributed by atoms with E-state index in [9.17, 15) is 9.59 Å². The summed E-state index contributed by atoms with van der Waals surface area (Å²) in [6.45, 7) is 4.17. The second-order valence-electron chi connectivity index (χ2n) is 7.34. The number of fused-ring (bicyclic) bond motifs is 1. The number of ether oxygens (including phenoxy) is 1. The second-order valence-corrected chi connectivity index (χ2v) is 7.34. The molecule has 2 aromatic heterocycles. The molecular weight excluding hydrogens is 362 g/mol. The highest BCUT2D eigenvalue weighted by atomic mass is 16.5. The van der Waals surface area contributed by atoms with Crippen molar-refractivity contribution < 1.29 is 19.4 Å². The number of rotatable bonds is 5. The molecule has 0 bridgehead atoms. The molecule has 0 saturated carbocycles. The van der Waals surface area contributed by atoms with Crippen molar-refractivity contribution in [2.75, 3.05) is 24.6 Å². The molecule has 4 heterocycles. The molecule has 2 unspecified atom stereocenters. The number of nitrogens with zero attached hydrogens (tertiary/aromatic N) is 4. The van der Waals surface area contributed by atoms with Gasteiger partial charge in [0.25, 0.3) is 0 Å². The maximum absolute atomic E-state index is 12.2. The maximum atomic E-state index is 12.2. The van der Waals surface area contributed by atoms with Gasteiger partial charge in [-0.1, -0.05) is 6.92 Å². The number of carboxylic acid groups (broad SMARTS) is 1. The van der Waals surface area contributed by atoms with Crippen molar-refractivity contribution in [3.8, 4) is 0 Å². The highest BCUT2D eigenvalue weighted by molar-refractivity contribution is 5.95. The molecule has 2 saturated heterocycles. The van der Waals surface area contributed by atoms with E-state index in [1.54, 1.807) is 10.6 Å². The van der Waals surface area contributed by atoms with E-state index < -0.39 is 6.09 Å². The first kappa shape index (κ1) is 18.7. The smallest absolute Gasteiger partial charge is 0.404 e. The van der Waals surface area contributed by atoms with Crippen molar-refractivity contribution in [1.29, 1.82) is 0 Å². The third-order valence-electron chi connectivity index (χ3n) is 5.42. The van der Waals surface area contributed by atoms with E-state index in [4.69, 9.17) is 14.8 Å². The average molecular weight is 387 g/mol. The maximum Gasteiger partial charge on any atom is 0.404 e. The number of carbonyl (C=O) groups is 2. The molecule has 2 aromatic rings. The fourth-order valence-corrected chi connectivity index (χ4v) is 3.95. The molecule has 2 fully saturated rings. The van der Waals surface area contributed by atoms with Crippen LogP contribution in [0.4, 0.5) is 10.6 Å². The zero-order valence-corrected chi connectivity index (χ0v) is 15.9. The van der Waals surface area contributed by atoms with Crippen LogP contribution >= 0.6 is 0 Å². The van der Waals surface area contributed by atoms with E-state index >= 15 is 0 Å². The van der Waals surface area contributed by atoms with Crippen molar-refractivity contribution in [2.24, 2.45) is 0 Å². The van der Waals surface area contributed by atoms with Gasteiger partial charge in [-0.25, -0.2) is 14.3 Å². The van der Waals surface area contributed by atoms with E-state index in [1.807, 2.05) is 13.0 Å². The van der Waals surface area contributed by atoms with E-state index in [0.29, 0.717) is 37.2 Å². The van der Waals surface area contributed by atoms with E-state index in [-0.39, 0.29) is 17.9 Å². The minimum absolute atomic E-state index is 0.0332. The van der Waals surface area contributed by atoms with Crippen molar-refractivity contribution in [1.82, 2.24) is 19.9 Å². The first-order chi connectivity index (χ1) is 13.5. The van der Waals surface area contributed by atoms with Crippen molar-refractivity contribution >= 4 is 23.3 Å². The Morgan fingerprint density at radius 1 is 1.32 bits per heavy atom. The van der Waals surface area contributed by atoms with Gasteiger partial charge in [0, 0.05) is 44.3 Å². The number of carbonyl (C=O) groups excluding carboxylic acids is 1. The third kappa shape index (κ3) is 3.66. The summed E-state index contributed by atoms with van der Waals surface area (Å²) in [5.41, 5.74) is 1.82. The lowest BCUT2D eigenvalue weighted by Crippen LogP contribution is -2.39. The SMILES string of the molecule is CCC(=O)c1cc2nc(N3CCCC3)cc(C3CC(NC(=O)O)CCO3)n2n1. The van der Waals surface area contributed by atoms with Crippen LogP contribution in [-0.4, -0.2) is 57.3 Å². The molecule has 2 N–H and O–H groups in total. The zero-order valence-electron chi connectivity index (χ0n) is 15.9. The molecule has 4 rings (SSSR count). The highest BCUT2D eigenvalue weighted by Gasteiger charge is 2.29. The first-order valence-corrected chi connectivity index (χ1v) is 9.85. The lowest BCUT2D eigenvalue weighted by atomic mass is 10.0. The molecule has 1 amide bonds. The molecule has 9 heteroatoms. The summed E-state index contributed by atoms with van der Waals surface area (Å²) in [6, 6.07) is 3.52. The molecule has 9 nitrogen and oxygen atoms in total. The van der Waals surface area contributed by atoms with Gasteiger partial charge in [0.05, 0.1) is 5.69 Å². The molecule has 0 radical (unpaired) electrons. The lowest BCUT2D eigenvalue weighted by molar-refractivity contribution is -0.00255.